The van der Waals surface area contributed by atoms with Gasteiger partial charge < -0.3 is 4.98 Å². The van der Waals surface area contributed by atoms with Crippen LogP contribution < -0.4 is 0 Å². The van der Waals surface area contributed by atoms with E-state index >= 15 is 0 Å². The summed E-state index contributed by atoms with van der Waals surface area (Å²) in [6.45, 7) is 0. The molecule has 1 aromatic carbocycles. The molecular formula is C12H8BrN3. The normalized spacial score (nSPS) is 10.8. The molecule has 78 valence electrons. The van der Waals surface area contributed by atoms with E-state index in [9.17, 15) is 0 Å². The highest BCUT2D eigenvalue weighted by Gasteiger charge is 2.07. The maximum Gasteiger partial charge on any atom is 0.158 e. The van der Waals surface area contributed by atoms with Crippen molar-refractivity contribution in [3.05, 3.63) is 47.1 Å². The Labute approximate surface area is 101 Å². The monoisotopic (exact) mass is 273 g/mol. The summed E-state index contributed by atoms with van der Waals surface area (Å²) in [4.78, 5) is 12.0. The zero-order chi connectivity index (χ0) is 11.0. The number of imidazole rings is 1. The molecule has 2 heterocycles. The van der Waals surface area contributed by atoms with Gasteiger partial charge in [0.2, 0.25) is 0 Å². The molecule has 2 aromatic heterocycles. The van der Waals surface area contributed by atoms with Crippen molar-refractivity contribution in [1.29, 1.82) is 0 Å². The number of hydrogen-bond acceptors (Lipinski definition) is 2. The average Bonchev–Trinajstić information content (AvgIpc) is 2.76. The Morgan fingerprint density at radius 3 is 2.62 bits per heavy atom. The molecule has 0 aliphatic carbocycles. The van der Waals surface area contributed by atoms with Crippen molar-refractivity contribution in [3.63, 3.8) is 0 Å². The van der Waals surface area contributed by atoms with Gasteiger partial charge in [0.15, 0.2) is 5.65 Å². The van der Waals surface area contributed by atoms with Crippen LogP contribution in [0.15, 0.2) is 47.1 Å². The predicted octanol–water partition coefficient (Wildman–Crippen LogP) is 3.39. The zero-order valence-corrected chi connectivity index (χ0v) is 9.90. The standard InChI is InChI=1S/C12H8BrN3/c13-9-6-7-14-12-10(9)15-11(16-12)8-4-2-1-3-5-8/h1-7H,(H,14,15,16). The van der Waals surface area contributed by atoms with Gasteiger partial charge in [0.05, 0.1) is 0 Å². The minimum absolute atomic E-state index is 0.799. The van der Waals surface area contributed by atoms with E-state index < -0.39 is 0 Å². The van der Waals surface area contributed by atoms with Crippen molar-refractivity contribution in [2.45, 2.75) is 0 Å². The van der Waals surface area contributed by atoms with Crippen molar-refractivity contribution in [2.75, 3.05) is 0 Å². The largest absolute Gasteiger partial charge is 0.323 e. The van der Waals surface area contributed by atoms with Crippen molar-refractivity contribution in [3.8, 4) is 11.4 Å². The Morgan fingerprint density at radius 1 is 1.06 bits per heavy atom. The number of H-pyrrole nitrogens is 1. The second kappa shape index (κ2) is 3.72. The first kappa shape index (κ1) is 9.54. The molecule has 0 bridgehead atoms. The summed E-state index contributed by atoms with van der Waals surface area (Å²) in [6, 6.07) is 11.9. The zero-order valence-electron chi connectivity index (χ0n) is 8.31. The molecule has 0 saturated heterocycles. The van der Waals surface area contributed by atoms with Crippen LogP contribution >= 0.6 is 15.9 Å². The molecule has 1 N–H and O–H groups in total. The Kier molecular flexibility index (Phi) is 2.22. The first-order chi connectivity index (χ1) is 7.84. The second-order valence-corrected chi connectivity index (χ2v) is 4.30. The molecule has 16 heavy (non-hydrogen) atoms. The lowest BCUT2D eigenvalue weighted by molar-refractivity contribution is 1.30. The molecule has 0 spiro atoms. The summed E-state index contributed by atoms with van der Waals surface area (Å²) >= 11 is 3.46. The fourth-order valence-corrected chi connectivity index (χ4v) is 2.01. The van der Waals surface area contributed by atoms with Gasteiger partial charge in [0.25, 0.3) is 0 Å². The van der Waals surface area contributed by atoms with Gasteiger partial charge >= 0.3 is 0 Å². The van der Waals surface area contributed by atoms with Crippen LogP contribution in [0.4, 0.5) is 0 Å². The average molecular weight is 274 g/mol. The molecule has 0 fully saturated rings. The fourth-order valence-electron chi connectivity index (χ4n) is 1.61. The Bertz CT molecular complexity index is 631. The van der Waals surface area contributed by atoms with Gasteiger partial charge in [0.1, 0.15) is 11.3 Å². The summed E-state index contributed by atoms with van der Waals surface area (Å²) in [5.41, 5.74) is 2.72. The van der Waals surface area contributed by atoms with Crippen LogP contribution in [0, 0.1) is 0 Å². The molecule has 0 unspecified atom stereocenters. The lowest BCUT2D eigenvalue weighted by Gasteiger charge is -1.93. The first-order valence-corrected chi connectivity index (χ1v) is 5.69. The molecule has 0 aliphatic heterocycles. The van der Waals surface area contributed by atoms with Gasteiger partial charge in [-0.15, -0.1) is 0 Å². The number of aromatic amines is 1. The molecule has 4 heteroatoms. The molecule has 3 rings (SSSR count). The van der Waals surface area contributed by atoms with E-state index in [1.54, 1.807) is 6.20 Å². The number of benzene rings is 1. The maximum absolute atomic E-state index is 4.52. The van der Waals surface area contributed by atoms with Crippen molar-refractivity contribution < 1.29 is 0 Å². The van der Waals surface area contributed by atoms with Crippen LogP contribution in [0.3, 0.4) is 0 Å². The van der Waals surface area contributed by atoms with Crippen LogP contribution in [-0.2, 0) is 0 Å². The van der Waals surface area contributed by atoms with Gasteiger partial charge in [-0.25, -0.2) is 9.97 Å². The van der Waals surface area contributed by atoms with Gasteiger partial charge in [-0.2, -0.15) is 0 Å². The number of nitrogens with one attached hydrogen (secondary N) is 1. The van der Waals surface area contributed by atoms with Crippen LogP contribution in [0.2, 0.25) is 0 Å². The van der Waals surface area contributed by atoms with E-state index in [0.29, 0.717) is 0 Å². The quantitative estimate of drug-likeness (QED) is 0.739. The number of pyridine rings is 1. The predicted molar refractivity (Wildman–Crippen MR) is 67.0 cm³/mol. The molecule has 0 atom stereocenters. The van der Waals surface area contributed by atoms with E-state index in [0.717, 1.165) is 27.0 Å². The number of fused-ring (bicyclic) bond motifs is 1. The van der Waals surface area contributed by atoms with Gasteiger partial charge in [-0.05, 0) is 22.0 Å². The second-order valence-electron chi connectivity index (χ2n) is 3.44. The Hall–Kier alpha value is -1.68. The number of aromatic nitrogens is 3. The lowest BCUT2D eigenvalue weighted by Crippen LogP contribution is -1.78. The minimum Gasteiger partial charge on any atom is -0.323 e. The van der Waals surface area contributed by atoms with E-state index in [2.05, 4.69) is 30.9 Å². The molecule has 3 aromatic rings. The third-order valence-electron chi connectivity index (χ3n) is 2.38. The van der Waals surface area contributed by atoms with Crippen molar-refractivity contribution >= 4 is 27.1 Å². The smallest absolute Gasteiger partial charge is 0.158 e. The number of nitrogens with zero attached hydrogens (tertiary/aromatic N) is 2. The SMILES string of the molecule is Brc1ccnc2[nH]c(-c3ccccc3)nc12. The van der Waals surface area contributed by atoms with Crippen molar-refractivity contribution in [2.24, 2.45) is 0 Å². The van der Waals surface area contributed by atoms with Gasteiger partial charge in [0, 0.05) is 16.2 Å². The van der Waals surface area contributed by atoms with Crippen LogP contribution in [0.1, 0.15) is 0 Å². The molecule has 0 saturated carbocycles. The van der Waals surface area contributed by atoms with Gasteiger partial charge in [-0.1, -0.05) is 30.3 Å². The highest BCUT2D eigenvalue weighted by molar-refractivity contribution is 9.10. The Morgan fingerprint density at radius 2 is 1.88 bits per heavy atom. The summed E-state index contributed by atoms with van der Waals surface area (Å²) in [7, 11) is 0. The summed E-state index contributed by atoms with van der Waals surface area (Å²) in [6.07, 6.45) is 1.75. The van der Waals surface area contributed by atoms with Crippen molar-refractivity contribution in [1.82, 2.24) is 15.0 Å². The number of rotatable bonds is 1. The molecule has 0 aliphatic rings. The highest BCUT2D eigenvalue weighted by Crippen LogP contribution is 2.23. The summed E-state index contributed by atoms with van der Waals surface area (Å²) in [5, 5.41) is 0. The fraction of sp³-hybridized carbons (Fsp3) is 0. The van der Waals surface area contributed by atoms with E-state index in [-0.39, 0.29) is 0 Å². The highest BCUT2D eigenvalue weighted by atomic mass is 79.9. The number of halogens is 1. The van der Waals surface area contributed by atoms with E-state index in [1.165, 1.54) is 0 Å². The lowest BCUT2D eigenvalue weighted by atomic mass is 10.2. The summed E-state index contributed by atoms with van der Waals surface area (Å²) < 4.78 is 0.955. The molecule has 3 nitrogen and oxygen atoms in total. The van der Waals surface area contributed by atoms with Crippen LogP contribution in [-0.4, -0.2) is 15.0 Å². The topological polar surface area (TPSA) is 41.6 Å². The molecule has 0 amide bonds. The van der Waals surface area contributed by atoms with E-state index in [4.69, 9.17) is 0 Å². The van der Waals surface area contributed by atoms with Gasteiger partial charge in [-0.3, -0.25) is 0 Å². The summed E-state index contributed by atoms with van der Waals surface area (Å²) in [5.74, 6) is 0.843. The number of hydrogen-bond donors (Lipinski definition) is 1. The molecule has 0 radical (unpaired) electrons. The first-order valence-electron chi connectivity index (χ1n) is 4.90. The third-order valence-corrected chi connectivity index (χ3v) is 3.02. The third kappa shape index (κ3) is 1.51. The van der Waals surface area contributed by atoms with Crippen LogP contribution in [0.5, 0.6) is 0 Å². The Balaban J connectivity index is 2.23. The molecular weight excluding hydrogens is 266 g/mol. The van der Waals surface area contributed by atoms with Crippen LogP contribution in [0.25, 0.3) is 22.6 Å². The van der Waals surface area contributed by atoms with E-state index in [1.807, 2.05) is 36.4 Å². The minimum atomic E-state index is 0.799. The maximum atomic E-state index is 4.52.